The molecule has 1 unspecified atom stereocenters. The lowest BCUT2D eigenvalue weighted by Gasteiger charge is -2.10. The molecule has 1 atom stereocenters. The highest BCUT2D eigenvalue weighted by atomic mass is 16.5. The second-order valence-corrected chi connectivity index (χ2v) is 5.52. The highest BCUT2D eigenvalue weighted by Gasteiger charge is 2.06. The van der Waals surface area contributed by atoms with Crippen LogP contribution in [0, 0.1) is 23.7 Å². The summed E-state index contributed by atoms with van der Waals surface area (Å²) in [5, 5.41) is 0. The highest BCUT2D eigenvalue weighted by Crippen LogP contribution is 2.17. The standard InChI is InChI=1S/C25H18O/c1-2-26-25(24-15-7-4-8-16-24)20-19-23-14-10-9-13-22(23)18-17-21-11-5-3-6-12-21/h2-16,25H,1H2. The average molecular weight is 334 g/mol. The summed E-state index contributed by atoms with van der Waals surface area (Å²) in [5.74, 6) is 12.8. The minimum atomic E-state index is -0.358. The van der Waals surface area contributed by atoms with E-state index in [0.717, 1.165) is 22.3 Å². The Kier molecular flexibility index (Phi) is 5.92. The molecule has 0 aliphatic rings. The zero-order chi connectivity index (χ0) is 18.0. The van der Waals surface area contributed by atoms with Crippen molar-refractivity contribution in [2.75, 3.05) is 0 Å². The molecular formula is C25H18O. The van der Waals surface area contributed by atoms with E-state index in [4.69, 9.17) is 4.74 Å². The van der Waals surface area contributed by atoms with Gasteiger partial charge in [0.25, 0.3) is 0 Å². The van der Waals surface area contributed by atoms with Crippen LogP contribution in [0.25, 0.3) is 0 Å². The van der Waals surface area contributed by atoms with Gasteiger partial charge >= 0.3 is 0 Å². The quantitative estimate of drug-likeness (QED) is 0.464. The fourth-order valence-corrected chi connectivity index (χ4v) is 2.43. The second-order valence-electron chi connectivity index (χ2n) is 5.52. The first-order valence-corrected chi connectivity index (χ1v) is 8.36. The monoisotopic (exact) mass is 334 g/mol. The lowest BCUT2D eigenvalue weighted by atomic mass is 10.1. The number of hydrogen-bond acceptors (Lipinski definition) is 1. The maximum absolute atomic E-state index is 5.57. The molecule has 0 aliphatic heterocycles. The summed E-state index contributed by atoms with van der Waals surface area (Å²) in [6.45, 7) is 3.65. The molecule has 0 bridgehead atoms. The largest absolute Gasteiger partial charge is 0.481 e. The van der Waals surface area contributed by atoms with Gasteiger partial charge < -0.3 is 4.74 Å². The average Bonchev–Trinajstić information content (AvgIpc) is 2.71. The first kappa shape index (κ1) is 17.2. The van der Waals surface area contributed by atoms with Gasteiger partial charge in [-0.3, -0.25) is 0 Å². The van der Waals surface area contributed by atoms with Crippen LogP contribution in [0.15, 0.2) is 97.8 Å². The molecule has 3 aromatic rings. The van der Waals surface area contributed by atoms with Crippen molar-refractivity contribution >= 4 is 0 Å². The molecule has 0 fully saturated rings. The molecule has 3 rings (SSSR count). The predicted octanol–water partition coefficient (Wildman–Crippen LogP) is 5.34. The second kappa shape index (κ2) is 8.97. The van der Waals surface area contributed by atoms with Crippen LogP contribution >= 0.6 is 0 Å². The first-order valence-electron chi connectivity index (χ1n) is 8.36. The van der Waals surface area contributed by atoms with Gasteiger partial charge in [-0.25, -0.2) is 0 Å². The number of ether oxygens (including phenoxy) is 1. The zero-order valence-corrected chi connectivity index (χ0v) is 14.4. The molecule has 1 heteroatoms. The van der Waals surface area contributed by atoms with Crippen LogP contribution in [0.5, 0.6) is 0 Å². The molecule has 0 heterocycles. The maximum atomic E-state index is 5.57. The SMILES string of the molecule is C=COC(C#Cc1ccccc1C#Cc1ccccc1)c1ccccc1. The topological polar surface area (TPSA) is 9.23 Å². The van der Waals surface area contributed by atoms with E-state index in [9.17, 15) is 0 Å². The molecule has 0 spiro atoms. The summed E-state index contributed by atoms with van der Waals surface area (Å²) in [6, 6.07) is 27.7. The van der Waals surface area contributed by atoms with Crippen LogP contribution in [0.1, 0.15) is 28.4 Å². The lowest BCUT2D eigenvalue weighted by molar-refractivity contribution is 0.199. The number of rotatable bonds is 3. The molecule has 0 radical (unpaired) electrons. The van der Waals surface area contributed by atoms with E-state index in [2.05, 4.69) is 30.3 Å². The van der Waals surface area contributed by atoms with Gasteiger partial charge in [0.1, 0.15) is 0 Å². The first-order chi connectivity index (χ1) is 12.9. The van der Waals surface area contributed by atoms with Gasteiger partial charge in [0.15, 0.2) is 6.10 Å². The Morgan fingerprint density at radius 2 is 1.27 bits per heavy atom. The Bertz CT molecular complexity index is 980. The molecular weight excluding hydrogens is 316 g/mol. The summed E-state index contributed by atoms with van der Waals surface area (Å²) in [6.07, 6.45) is 1.07. The lowest BCUT2D eigenvalue weighted by Crippen LogP contribution is -1.97. The molecule has 0 aliphatic carbocycles. The van der Waals surface area contributed by atoms with Crippen molar-refractivity contribution in [3.05, 3.63) is 120 Å². The van der Waals surface area contributed by atoms with E-state index < -0.39 is 0 Å². The Hall–Kier alpha value is -3.68. The normalized spacial score (nSPS) is 10.5. The van der Waals surface area contributed by atoms with Crippen molar-refractivity contribution in [3.63, 3.8) is 0 Å². The van der Waals surface area contributed by atoms with Gasteiger partial charge in [0.05, 0.1) is 6.26 Å². The summed E-state index contributed by atoms with van der Waals surface area (Å²) in [7, 11) is 0. The Balaban J connectivity index is 1.90. The third-order valence-corrected chi connectivity index (χ3v) is 3.71. The van der Waals surface area contributed by atoms with Gasteiger partial charge in [0.2, 0.25) is 0 Å². The van der Waals surface area contributed by atoms with Crippen LogP contribution in [0.3, 0.4) is 0 Å². The van der Waals surface area contributed by atoms with Crippen LogP contribution in [0.4, 0.5) is 0 Å². The van der Waals surface area contributed by atoms with Gasteiger partial charge in [-0.1, -0.05) is 85.0 Å². The molecule has 1 nitrogen and oxygen atoms in total. The van der Waals surface area contributed by atoms with Crippen LogP contribution in [-0.2, 0) is 4.74 Å². The van der Waals surface area contributed by atoms with E-state index >= 15 is 0 Å². The predicted molar refractivity (Wildman–Crippen MR) is 106 cm³/mol. The minimum absolute atomic E-state index is 0.358. The van der Waals surface area contributed by atoms with E-state index in [1.165, 1.54) is 6.26 Å². The molecule has 0 N–H and O–H groups in total. The van der Waals surface area contributed by atoms with Crippen molar-refractivity contribution < 1.29 is 4.74 Å². The van der Waals surface area contributed by atoms with Gasteiger partial charge in [-0.2, -0.15) is 0 Å². The molecule has 26 heavy (non-hydrogen) atoms. The molecule has 0 saturated carbocycles. The van der Waals surface area contributed by atoms with E-state index in [0.29, 0.717) is 0 Å². The molecule has 3 aromatic carbocycles. The molecule has 124 valence electrons. The van der Waals surface area contributed by atoms with Crippen molar-refractivity contribution in [2.24, 2.45) is 0 Å². The van der Waals surface area contributed by atoms with E-state index in [1.54, 1.807) is 0 Å². The summed E-state index contributed by atoms with van der Waals surface area (Å²) < 4.78 is 5.57. The number of benzene rings is 3. The molecule has 0 amide bonds. The van der Waals surface area contributed by atoms with Crippen molar-refractivity contribution in [1.29, 1.82) is 0 Å². The zero-order valence-electron chi connectivity index (χ0n) is 14.4. The fraction of sp³-hybridized carbons (Fsp3) is 0.0400. The number of hydrogen-bond donors (Lipinski definition) is 0. The van der Waals surface area contributed by atoms with E-state index in [-0.39, 0.29) is 6.10 Å². The third kappa shape index (κ3) is 4.67. The van der Waals surface area contributed by atoms with Crippen LogP contribution < -0.4 is 0 Å². The molecule has 0 aromatic heterocycles. The maximum Gasteiger partial charge on any atom is 0.183 e. The van der Waals surface area contributed by atoms with Crippen LogP contribution in [0.2, 0.25) is 0 Å². The van der Waals surface area contributed by atoms with Gasteiger partial charge in [-0.05, 0) is 30.2 Å². The highest BCUT2D eigenvalue weighted by molar-refractivity contribution is 5.53. The summed E-state index contributed by atoms with van der Waals surface area (Å²) in [4.78, 5) is 0. The van der Waals surface area contributed by atoms with Crippen LogP contribution in [-0.4, -0.2) is 0 Å². The third-order valence-electron chi connectivity index (χ3n) is 3.71. The summed E-state index contributed by atoms with van der Waals surface area (Å²) >= 11 is 0. The van der Waals surface area contributed by atoms with Crippen molar-refractivity contribution in [1.82, 2.24) is 0 Å². The fourth-order valence-electron chi connectivity index (χ4n) is 2.43. The van der Waals surface area contributed by atoms with Crippen molar-refractivity contribution in [2.45, 2.75) is 6.10 Å². The Labute approximate surface area is 155 Å². The minimum Gasteiger partial charge on any atom is -0.481 e. The smallest absolute Gasteiger partial charge is 0.183 e. The Morgan fingerprint density at radius 3 is 1.92 bits per heavy atom. The van der Waals surface area contributed by atoms with Gasteiger partial charge in [0, 0.05) is 22.3 Å². The van der Waals surface area contributed by atoms with Gasteiger partial charge in [-0.15, -0.1) is 0 Å². The van der Waals surface area contributed by atoms with E-state index in [1.807, 2.05) is 84.9 Å². The summed E-state index contributed by atoms with van der Waals surface area (Å²) in [5.41, 5.74) is 3.75. The molecule has 0 saturated heterocycles. The Morgan fingerprint density at radius 1 is 0.692 bits per heavy atom. The van der Waals surface area contributed by atoms with Crippen molar-refractivity contribution in [3.8, 4) is 23.7 Å².